The topological polar surface area (TPSA) is 68.0 Å². The third-order valence-electron chi connectivity index (χ3n) is 3.04. The van der Waals surface area contributed by atoms with Gasteiger partial charge in [0.05, 0.1) is 6.04 Å². The Hall–Kier alpha value is -2.24. The van der Waals surface area contributed by atoms with Crippen molar-refractivity contribution in [1.29, 1.82) is 0 Å². The number of nitrogens with zero attached hydrogens (tertiary/aromatic N) is 3. The predicted molar refractivity (Wildman–Crippen MR) is 60.0 cm³/mol. The van der Waals surface area contributed by atoms with Crippen LogP contribution in [0.2, 0.25) is 0 Å². The number of carboxylic acid groups (broad SMARTS) is 1. The Kier molecular flexibility index (Phi) is 2.36. The fraction of sp³-hybridized carbons (Fsp3) is 0.250. The number of halogens is 1. The van der Waals surface area contributed by atoms with E-state index in [4.69, 9.17) is 5.11 Å². The van der Waals surface area contributed by atoms with Crippen LogP contribution < -0.4 is 0 Å². The fourth-order valence-corrected chi connectivity index (χ4v) is 2.22. The molecule has 1 aromatic carbocycles. The van der Waals surface area contributed by atoms with Crippen LogP contribution in [0.1, 0.15) is 40.6 Å². The number of aromatic carboxylic acids is 1. The van der Waals surface area contributed by atoms with E-state index in [2.05, 4.69) is 10.1 Å². The molecule has 0 bridgehead atoms. The van der Waals surface area contributed by atoms with Gasteiger partial charge in [-0.25, -0.2) is 18.9 Å². The van der Waals surface area contributed by atoms with Gasteiger partial charge in [-0.05, 0) is 5.56 Å². The van der Waals surface area contributed by atoms with Gasteiger partial charge in [0.2, 0.25) is 0 Å². The summed E-state index contributed by atoms with van der Waals surface area (Å²) in [4.78, 5) is 14.5. The highest BCUT2D eigenvalue weighted by molar-refractivity contribution is 5.82. The van der Waals surface area contributed by atoms with Crippen LogP contribution in [-0.2, 0) is 0 Å². The Labute approximate surface area is 102 Å². The molecule has 1 N–H and O–H groups in total. The summed E-state index contributed by atoms with van der Waals surface area (Å²) in [5, 5.41) is 12.7. The molecule has 0 aliphatic carbocycles. The molecule has 0 spiro atoms. The van der Waals surface area contributed by atoms with Gasteiger partial charge in [-0.2, -0.15) is 0 Å². The summed E-state index contributed by atoms with van der Waals surface area (Å²) in [5.74, 6) is -1.49. The summed E-state index contributed by atoms with van der Waals surface area (Å²) < 4.78 is 15.2. The van der Waals surface area contributed by atoms with E-state index in [0.717, 1.165) is 5.56 Å². The van der Waals surface area contributed by atoms with Gasteiger partial charge in [0.15, 0.2) is 12.0 Å². The van der Waals surface area contributed by atoms with Crippen molar-refractivity contribution < 1.29 is 14.3 Å². The van der Waals surface area contributed by atoms with Gasteiger partial charge in [-0.3, -0.25) is 0 Å². The van der Waals surface area contributed by atoms with E-state index in [9.17, 15) is 9.18 Å². The van der Waals surface area contributed by atoms with Gasteiger partial charge in [-0.15, -0.1) is 5.10 Å². The second kappa shape index (κ2) is 3.90. The Morgan fingerprint density at radius 1 is 1.39 bits per heavy atom. The van der Waals surface area contributed by atoms with Crippen LogP contribution in [0.3, 0.4) is 0 Å². The smallest absolute Gasteiger partial charge is 0.375 e. The lowest BCUT2D eigenvalue weighted by Gasteiger charge is -2.10. The van der Waals surface area contributed by atoms with E-state index in [1.807, 2.05) is 30.3 Å². The van der Waals surface area contributed by atoms with E-state index in [1.165, 1.54) is 4.68 Å². The standard InChI is InChI=1S/C12H10FN3O2/c13-8-6-9(7-4-2-1-3-5-7)16-11(8)14-10(15-16)12(17)18/h1-5,8-9H,6H2,(H,17,18)/t8?,9-/m0/s1. The Bertz CT molecular complexity index is 597. The number of benzene rings is 1. The number of hydrogen-bond donors (Lipinski definition) is 1. The van der Waals surface area contributed by atoms with Gasteiger partial charge in [0.25, 0.3) is 5.82 Å². The lowest BCUT2D eigenvalue weighted by molar-refractivity contribution is 0.0682. The highest BCUT2D eigenvalue weighted by atomic mass is 19.1. The predicted octanol–water partition coefficient (Wildman–Crippen LogP) is 1.98. The molecule has 3 rings (SSSR count). The molecule has 0 amide bonds. The average molecular weight is 247 g/mol. The van der Waals surface area contributed by atoms with E-state index in [0.29, 0.717) is 0 Å². The van der Waals surface area contributed by atoms with Crippen molar-refractivity contribution >= 4 is 5.97 Å². The van der Waals surface area contributed by atoms with Crippen molar-refractivity contribution in [3.8, 4) is 0 Å². The zero-order chi connectivity index (χ0) is 12.7. The SMILES string of the molecule is O=C(O)c1nc2n(n1)[C@H](c1ccccc1)CC2F. The molecule has 18 heavy (non-hydrogen) atoms. The average Bonchev–Trinajstić information content (AvgIpc) is 2.92. The molecule has 0 saturated heterocycles. The molecular formula is C12H10FN3O2. The second-order valence-corrected chi connectivity index (χ2v) is 4.17. The lowest BCUT2D eigenvalue weighted by atomic mass is 10.0. The molecule has 1 aliphatic rings. The monoisotopic (exact) mass is 247 g/mol. The molecule has 2 aromatic rings. The van der Waals surface area contributed by atoms with E-state index >= 15 is 0 Å². The molecule has 1 aliphatic heterocycles. The van der Waals surface area contributed by atoms with E-state index in [-0.39, 0.29) is 24.1 Å². The largest absolute Gasteiger partial charge is 0.475 e. The van der Waals surface area contributed by atoms with Gasteiger partial charge >= 0.3 is 5.97 Å². The number of fused-ring (bicyclic) bond motifs is 1. The molecule has 1 unspecified atom stereocenters. The fourth-order valence-electron chi connectivity index (χ4n) is 2.22. The van der Waals surface area contributed by atoms with Crippen LogP contribution in [0.15, 0.2) is 30.3 Å². The molecule has 1 aromatic heterocycles. The van der Waals surface area contributed by atoms with Crippen molar-refractivity contribution in [1.82, 2.24) is 14.8 Å². The number of carboxylic acids is 1. The van der Waals surface area contributed by atoms with Crippen molar-refractivity contribution in [3.05, 3.63) is 47.5 Å². The second-order valence-electron chi connectivity index (χ2n) is 4.17. The number of rotatable bonds is 2. The summed E-state index contributed by atoms with van der Waals surface area (Å²) >= 11 is 0. The maximum Gasteiger partial charge on any atom is 0.375 e. The molecule has 5 nitrogen and oxygen atoms in total. The highest BCUT2D eigenvalue weighted by Gasteiger charge is 2.36. The van der Waals surface area contributed by atoms with Crippen LogP contribution in [-0.4, -0.2) is 25.8 Å². The Morgan fingerprint density at radius 2 is 2.11 bits per heavy atom. The highest BCUT2D eigenvalue weighted by Crippen LogP contribution is 2.39. The molecular weight excluding hydrogens is 237 g/mol. The molecule has 2 atom stereocenters. The van der Waals surface area contributed by atoms with Gasteiger partial charge in [-0.1, -0.05) is 30.3 Å². The van der Waals surface area contributed by atoms with Crippen molar-refractivity contribution in [3.63, 3.8) is 0 Å². The number of alkyl halides is 1. The zero-order valence-corrected chi connectivity index (χ0v) is 9.32. The minimum absolute atomic E-state index is 0.0984. The van der Waals surface area contributed by atoms with E-state index in [1.54, 1.807) is 0 Å². The van der Waals surface area contributed by atoms with Crippen LogP contribution in [0.25, 0.3) is 0 Å². The first-order valence-corrected chi connectivity index (χ1v) is 5.55. The van der Waals surface area contributed by atoms with Crippen molar-refractivity contribution in [2.45, 2.75) is 18.6 Å². The minimum Gasteiger partial charge on any atom is -0.475 e. The summed E-state index contributed by atoms with van der Waals surface area (Å²) in [5.41, 5.74) is 0.903. The number of hydrogen-bond acceptors (Lipinski definition) is 3. The third kappa shape index (κ3) is 1.57. The lowest BCUT2D eigenvalue weighted by Crippen LogP contribution is -2.09. The van der Waals surface area contributed by atoms with Crippen LogP contribution in [0.5, 0.6) is 0 Å². The van der Waals surface area contributed by atoms with Gasteiger partial charge in [0, 0.05) is 6.42 Å². The molecule has 2 heterocycles. The molecule has 0 saturated carbocycles. The van der Waals surface area contributed by atoms with Crippen molar-refractivity contribution in [2.75, 3.05) is 0 Å². The summed E-state index contributed by atoms with van der Waals surface area (Å²) in [6, 6.07) is 9.04. The first kappa shape index (κ1) is 10.9. The van der Waals surface area contributed by atoms with Crippen LogP contribution in [0.4, 0.5) is 4.39 Å². The summed E-state index contributed by atoms with van der Waals surface area (Å²) in [6.45, 7) is 0. The zero-order valence-electron chi connectivity index (χ0n) is 9.32. The van der Waals surface area contributed by atoms with E-state index < -0.39 is 12.1 Å². The maximum absolute atomic E-state index is 13.8. The van der Waals surface area contributed by atoms with Crippen LogP contribution in [0, 0.1) is 0 Å². The third-order valence-corrected chi connectivity index (χ3v) is 3.04. The quantitative estimate of drug-likeness (QED) is 0.881. The molecule has 0 fully saturated rings. The normalized spacial score (nSPS) is 21.8. The van der Waals surface area contributed by atoms with Crippen LogP contribution >= 0.6 is 0 Å². The maximum atomic E-state index is 13.8. The molecule has 92 valence electrons. The first-order chi connectivity index (χ1) is 8.66. The molecule has 6 heteroatoms. The number of aromatic nitrogens is 3. The van der Waals surface area contributed by atoms with Crippen molar-refractivity contribution in [2.24, 2.45) is 0 Å². The number of carbonyl (C=O) groups is 1. The first-order valence-electron chi connectivity index (χ1n) is 5.55. The summed E-state index contributed by atoms with van der Waals surface area (Å²) in [6.07, 6.45) is -1.02. The minimum atomic E-state index is -1.27. The Balaban J connectivity index is 2.05. The van der Waals surface area contributed by atoms with Gasteiger partial charge < -0.3 is 5.11 Å². The molecule has 0 radical (unpaired) electrons. The summed E-state index contributed by atoms with van der Waals surface area (Å²) in [7, 11) is 0. The van der Waals surface area contributed by atoms with Gasteiger partial charge in [0.1, 0.15) is 0 Å². The Morgan fingerprint density at radius 3 is 2.78 bits per heavy atom.